The van der Waals surface area contributed by atoms with Crippen LogP contribution in [-0.2, 0) is 4.79 Å². The van der Waals surface area contributed by atoms with Gasteiger partial charge in [0.1, 0.15) is 6.10 Å². The minimum atomic E-state index is -0.787. The van der Waals surface area contributed by atoms with Gasteiger partial charge >= 0.3 is 0 Å². The first kappa shape index (κ1) is 9.80. The van der Waals surface area contributed by atoms with Gasteiger partial charge in [-0.1, -0.05) is 7.43 Å². The lowest BCUT2D eigenvalue weighted by molar-refractivity contribution is -0.124. The third kappa shape index (κ3) is 5.63. The molecule has 0 spiro atoms. The summed E-state index contributed by atoms with van der Waals surface area (Å²) in [5.41, 5.74) is 0. The molecule has 0 aliphatic rings. The molecule has 0 bridgehead atoms. The number of hydrogen-bond acceptors (Lipinski definition) is 2. The number of aliphatic hydroxyl groups excluding tert-OH is 1. The molecule has 0 aromatic rings. The molecule has 0 heterocycles. The van der Waals surface area contributed by atoms with E-state index < -0.39 is 6.10 Å². The van der Waals surface area contributed by atoms with Crippen molar-refractivity contribution in [2.45, 2.75) is 27.4 Å². The number of Topliss-reactive ketones (excluding diaryl/α,β-unsaturated/α-hetero) is 1. The van der Waals surface area contributed by atoms with Crippen LogP contribution in [0, 0.1) is 0 Å². The summed E-state index contributed by atoms with van der Waals surface area (Å²) in [6.07, 6.45) is -0.787. The van der Waals surface area contributed by atoms with E-state index in [0.717, 1.165) is 0 Å². The quantitative estimate of drug-likeness (QED) is 0.528. The Hall–Kier alpha value is -0.370. The van der Waals surface area contributed by atoms with Gasteiger partial charge in [-0.25, -0.2) is 0 Å². The fourth-order valence-electron chi connectivity index (χ4n) is 0. The Bertz CT molecular complexity index is 57.1. The maximum Gasteiger partial charge on any atom is 0.157 e. The number of carbonyl (C=O) groups excluding carboxylic acids is 1. The van der Waals surface area contributed by atoms with Gasteiger partial charge in [0.2, 0.25) is 0 Å². The summed E-state index contributed by atoms with van der Waals surface area (Å²) in [4.78, 5) is 9.89. The molecule has 0 aromatic heterocycles. The normalized spacial score (nSPS) is 11.9. The van der Waals surface area contributed by atoms with Crippen LogP contribution >= 0.6 is 0 Å². The second-order valence-electron chi connectivity index (χ2n) is 1.29. The van der Waals surface area contributed by atoms with Crippen molar-refractivity contribution in [3.63, 3.8) is 0 Å². The minimum Gasteiger partial charge on any atom is -0.386 e. The van der Waals surface area contributed by atoms with Crippen molar-refractivity contribution in [2.24, 2.45) is 0 Å². The molecule has 7 heavy (non-hydrogen) atoms. The van der Waals surface area contributed by atoms with Crippen molar-refractivity contribution in [1.82, 2.24) is 0 Å². The van der Waals surface area contributed by atoms with Crippen LogP contribution in [-0.4, -0.2) is 17.0 Å². The molecule has 1 atom stereocenters. The van der Waals surface area contributed by atoms with Crippen molar-refractivity contribution in [3.8, 4) is 0 Å². The predicted octanol–water partition coefficient (Wildman–Crippen LogP) is 0.592. The molecule has 0 amide bonds. The molecule has 0 saturated carbocycles. The van der Waals surface area contributed by atoms with Crippen molar-refractivity contribution >= 4 is 5.78 Å². The van der Waals surface area contributed by atoms with E-state index >= 15 is 0 Å². The van der Waals surface area contributed by atoms with Crippen LogP contribution in [0.15, 0.2) is 0 Å². The van der Waals surface area contributed by atoms with Gasteiger partial charge < -0.3 is 5.11 Å². The first-order valence-electron chi connectivity index (χ1n) is 1.83. The van der Waals surface area contributed by atoms with E-state index in [4.69, 9.17) is 5.11 Å². The highest BCUT2D eigenvalue weighted by Crippen LogP contribution is 1.76. The van der Waals surface area contributed by atoms with Gasteiger partial charge in [0.25, 0.3) is 0 Å². The lowest BCUT2D eigenvalue weighted by atomic mass is 10.3. The van der Waals surface area contributed by atoms with E-state index in [-0.39, 0.29) is 13.2 Å². The monoisotopic (exact) mass is 104 g/mol. The molecular formula is C5H12O2. The van der Waals surface area contributed by atoms with Crippen LogP contribution < -0.4 is 0 Å². The summed E-state index contributed by atoms with van der Waals surface area (Å²) in [7, 11) is 0. The zero-order chi connectivity index (χ0) is 5.15. The Morgan fingerprint density at radius 2 is 1.86 bits per heavy atom. The highest BCUT2D eigenvalue weighted by molar-refractivity contribution is 5.79. The van der Waals surface area contributed by atoms with E-state index in [1.165, 1.54) is 13.8 Å². The average molecular weight is 104 g/mol. The number of hydrogen-bond donors (Lipinski definition) is 1. The Kier molecular flexibility index (Phi) is 5.33. The van der Waals surface area contributed by atoms with Crippen LogP contribution in [0.2, 0.25) is 0 Å². The van der Waals surface area contributed by atoms with Crippen LogP contribution in [0.3, 0.4) is 0 Å². The minimum absolute atomic E-state index is 0. The van der Waals surface area contributed by atoms with Gasteiger partial charge in [-0.05, 0) is 13.8 Å². The van der Waals surface area contributed by atoms with E-state index in [1.807, 2.05) is 0 Å². The van der Waals surface area contributed by atoms with Gasteiger partial charge in [-0.15, -0.1) is 0 Å². The average Bonchev–Trinajstić information content (AvgIpc) is 1.36. The Labute approximate surface area is 44.2 Å². The number of carbonyl (C=O) groups is 1. The Morgan fingerprint density at radius 3 is 1.86 bits per heavy atom. The summed E-state index contributed by atoms with van der Waals surface area (Å²) >= 11 is 0. The van der Waals surface area contributed by atoms with Gasteiger partial charge in [-0.2, -0.15) is 0 Å². The molecule has 0 aromatic carbocycles. The van der Waals surface area contributed by atoms with E-state index in [0.29, 0.717) is 0 Å². The maximum atomic E-state index is 9.89. The van der Waals surface area contributed by atoms with Crippen molar-refractivity contribution < 1.29 is 9.90 Å². The van der Waals surface area contributed by atoms with E-state index in [2.05, 4.69) is 0 Å². The van der Waals surface area contributed by atoms with Crippen LogP contribution in [0.4, 0.5) is 0 Å². The Balaban J connectivity index is 0. The number of aliphatic hydroxyl groups is 1. The van der Waals surface area contributed by atoms with Crippen LogP contribution in [0.5, 0.6) is 0 Å². The predicted molar refractivity (Wildman–Crippen MR) is 29.1 cm³/mol. The summed E-state index contributed by atoms with van der Waals surface area (Å²) in [6.45, 7) is 2.80. The molecule has 0 radical (unpaired) electrons. The number of rotatable bonds is 1. The summed E-state index contributed by atoms with van der Waals surface area (Å²) in [5, 5.41) is 8.28. The first-order valence-corrected chi connectivity index (χ1v) is 1.83. The molecular weight excluding hydrogens is 92.1 g/mol. The van der Waals surface area contributed by atoms with E-state index in [9.17, 15) is 4.79 Å². The summed E-state index contributed by atoms with van der Waals surface area (Å²) in [6, 6.07) is 0. The fourth-order valence-corrected chi connectivity index (χ4v) is 0. The third-order valence-electron chi connectivity index (χ3n) is 0.588. The van der Waals surface area contributed by atoms with Crippen molar-refractivity contribution in [1.29, 1.82) is 0 Å². The highest BCUT2D eigenvalue weighted by Gasteiger charge is 1.97. The van der Waals surface area contributed by atoms with Gasteiger partial charge in [0, 0.05) is 0 Å². The highest BCUT2D eigenvalue weighted by atomic mass is 16.3. The molecule has 0 aliphatic carbocycles. The van der Waals surface area contributed by atoms with Crippen LogP contribution in [0.1, 0.15) is 21.3 Å². The smallest absolute Gasteiger partial charge is 0.157 e. The third-order valence-corrected chi connectivity index (χ3v) is 0.588. The topological polar surface area (TPSA) is 37.3 Å². The van der Waals surface area contributed by atoms with Crippen molar-refractivity contribution in [2.75, 3.05) is 0 Å². The molecule has 0 fully saturated rings. The lowest BCUT2D eigenvalue weighted by Gasteiger charge is -1.90. The number of ketones is 1. The molecule has 1 N–H and O–H groups in total. The summed E-state index contributed by atoms with van der Waals surface area (Å²) in [5.74, 6) is -0.185. The van der Waals surface area contributed by atoms with Gasteiger partial charge in [0.15, 0.2) is 5.78 Å². The molecule has 0 saturated heterocycles. The van der Waals surface area contributed by atoms with Gasteiger partial charge in [-0.3, -0.25) is 4.79 Å². The molecule has 1 unspecified atom stereocenters. The zero-order valence-electron chi connectivity index (χ0n) is 3.93. The largest absolute Gasteiger partial charge is 0.386 e. The van der Waals surface area contributed by atoms with Gasteiger partial charge in [0.05, 0.1) is 0 Å². The van der Waals surface area contributed by atoms with Crippen LogP contribution in [0.25, 0.3) is 0 Å². The molecule has 0 aliphatic heterocycles. The maximum absolute atomic E-state index is 9.89. The second-order valence-corrected chi connectivity index (χ2v) is 1.29. The summed E-state index contributed by atoms with van der Waals surface area (Å²) < 4.78 is 0. The zero-order valence-corrected chi connectivity index (χ0v) is 3.93. The SMILES string of the molecule is C.CC(=O)C(C)O. The molecule has 2 heteroatoms. The first-order chi connectivity index (χ1) is 2.64. The fraction of sp³-hybridized carbons (Fsp3) is 0.800. The second kappa shape index (κ2) is 3.81. The van der Waals surface area contributed by atoms with E-state index in [1.54, 1.807) is 0 Å². The molecule has 2 nitrogen and oxygen atoms in total. The standard InChI is InChI=1S/C4H8O2.CH4/c1-3(5)4(2)6;/h3,5H,1-2H3;1H4. The lowest BCUT2D eigenvalue weighted by Crippen LogP contribution is -2.10. The molecule has 44 valence electrons. The Morgan fingerprint density at radius 1 is 1.71 bits per heavy atom. The van der Waals surface area contributed by atoms with Crippen molar-refractivity contribution in [3.05, 3.63) is 0 Å². The molecule has 0 rings (SSSR count).